The minimum Gasteiger partial charge on any atom is -0.454 e. The van der Waals surface area contributed by atoms with Crippen LogP contribution in [0.15, 0.2) is 41.3 Å². The third-order valence-corrected chi connectivity index (χ3v) is 7.35. The highest BCUT2D eigenvalue weighted by molar-refractivity contribution is 7.89. The van der Waals surface area contributed by atoms with Crippen LogP contribution in [0.5, 0.6) is 0 Å². The van der Waals surface area contributed by atoms with Gasteiger partial charge in [-0.05, 0) is 62.6 Å². The number of sulfonamides is 1. The van der Waals surface area contributed by atoms with Gasteiger partial charge in [-0.2, -0.15) is 4.31 Å². The van der Waals surface area contributed by atoms with Crippen molar-refractivity contribution in [3.63, 3.8) is 0 Å². The highest BCUT2D eigenvalue weighted by Gasteiger charge is 2.31. The SMILES string of the molecule is Cc1ccc(S(=O)(=O)N2CCCCC2C)cc1C(=O)OCC(=O)c1cc(F)ccc1F. The largest absolute Gasteiger partial charge is 0.454 e. The Bertz CT molecular complexity index is 1120. The number of carbonyl (C=O) groups is 2. The van der Waals surface area contributed by atoms with Crippen molar-refractivity contribution in [1.29, 1.82) is 0 Å². The fourth-order valence-electron chi connectivity index (χ4n) is 3.54. The van der Waals surface area contributed by atoms with Gasteiger partial charge in [-0.25, -0.2) is 22.0 Å². The number of ketones is 1. The van der Waals surface area contributed by atoms with Crippen molar-refractivity contribution in [3.05, 3.63) is 64.7 Å². The van der Waals surface area contributed by atoms with E-state index in [0.29, 0.717) is 12.1 Å². The lowest BCUT2D eigenvalue weighted by Gasteiger charge is -2.32. The number of carbonyl (C=O) groups excluding carboxylic acids is 2. The lowest BCUT2D eigenvalue weighted by Crippen LogP contribution is -2.41. The van der Waals surface area contributed by atoms with E-state index < -0.39 is 45.6 Å². The van der Waals surface area contributed by atoms with E-state index in [2.05, 4.69) is 0 Å². The lowest BCUT2D eigenvalue weighted by atomic mass is 10.1. The van der Waals surface area contributed by atoms with Gasteiger partial charge in [0.15, 0.2) is 6.61 Å². The van der Waals surface area contributed by atoms with Gasteiger partial charge in [0.2, 0.25) is 15.8 Å². The zero-order chi connectivity index (χ0) is 22.8. The summed E-state index contributed by atoms with van der Waals surface area (Å²) in [7, 11) is -3.80. The van der Waals surface area contributed by atoms with Gasteiger partial charge in [0.05, 0.1) is 16.0 Å². The number of Topliss-reactive ketones (excluding diaryl/α,β-unsaturated/α-hetero) is 1. The van der Waals surface area contributed by atoms with E-state index in [-0.39, 0.29) is 16.5 Å². The molecule has 166 valence electrons. The summed E-state index contributed by atoms with van der Waals surface area (Å²) in [5, 5.41) is 0. The maximum atomic E-state index is 13.7. The predicted molar refractivity (Wildman–Crippen MR) is 109 cm³/mol. The first-order valence-corrected chi connectivity index (χ1v) is 11.3. The number of aryl methyl sites for hydroxylation is 1. The first-order chi connectivity index (χ1) is 14.6. The quantitative estimate of drug-likeness (QED) is 0.492. The highest BCUT2D eigenvalue weighted by Crippen LogP contribution is 2.26. The fourth-order valence-corrected chi connectivity index (χ4v) is 5.27. The highest BCUT2D eigenvalue weighted by atomic mass is 32.2. The van der Waals surface area contributed by atoms with Crippen LogP contribution in [-0.4, -0.2) is 43.7 Å². The van der Waals surface area contributed by atoms with Gasteiger partial charge in [0, 0.05) is 12.6 Å². The molecule has 6 nitrogen and oxygen atoms in total. The number of nitrogens with zero attached hydrogens (tertiary/aromatic N) is 1. The first-order valence-electron chi connectivity index (χ1n) is 9.89. The molecule has 1 aliphatic heterocycles. The first kappa shape index (κ1) is 23.0. The summed E-state index contributed by atoms with van der Waals surface area (Å²) in [4.78, 5) is 24.6. The molecule has 0 aliphatic carbocycles. The molecule has 0 radical (unpaired) electrons. The Morgan fingerprint density at radius 1 is 1.10 bits per heavy atom. The average molecular weight is 451 g/mol. The molecule has 0 spiro atoms. The Morgan fingerprint density at radius 2 is 1.84 bits per heavy atom. The minimum absolute atomic E-state index is 0.0155. The molecule has 0 aromatic heterocycles. The molecule has 1 aliphatic rings. The van der Waals surface area contributed by atoms with E-state index in [0.717, 1.165) is 37.5 Å². The molecule has 0 N–H and O–H groups in total. The molecular formula is C22H23F2NO5S. The Morgan fingerprint density at radius 3 is 2.55 bits per heavy atom. The zero-order valence-electron chi connectivity index (χ0n) is 17.2. The van der Waals surface area contributed by atoms with Gasteiger partial charge in [-0.15, -0.1) is 0 Å². The van der Waals surface area contributed by atoms with E-state index in [1.54, 1.807) is 6.92 Å². The summed E-state index contributed by atoms with van der Waals surface area (Å²) in [6.45, 7) is 3.05. The van der Waals surface area contributed by atoms with E-state index in [9.17, 15) is 26.8 Å². The van der Waals surface area contributed by atoms with Crippen molar-refractivity contribution in [1.82, 2.24) is 4.31 Å². The van der Waals surface area contributed by atoms with Crippen LogP contribution in [0, 0.1) is 18.6 Å². The van der Waals surface area contributed by atoms with Crippen LogP contribution in [0.4, 0.5) is 8.78 Å². The predicted octanol–water partition coefficient (Wildman–Crippen LogP) is 3.88. The Hall–Kier alpha value is -2.65. The molecule has 3 rings (SSSR count). The van der Waals surface area contributed by atoms with Crippen LogP contribution in [0.1, 0.15) is 52.5 Å². The molecule has 31 heavy (non-hydrogen) atoms. The van der Waals surface area contributed by atoms with Crippen molar-refractivity contribution in [2.75, 3.05) is 13.2 Å². The summed E-state index contributed by atoms with van der Waals surface area (Å²) in [6.07, 6.45) is 2.49. The van der Waals surface area contributed by atoms with E-state index >= 15 is 0 Å². The molecule has 1 unspecified atom stereocenters. The smallest absolute Gasteiger partial charge is 0.338 e. The molecule has 1 heterocycles. The summed E-state index contributed by atoms with van der Waals surface area (Å²) in [5.74, 6) is -3.56. The van der Waals surface area contributed by atoms with Crippen LogP contribution in [0.3, 0.4) is 0 Å². The molecule has 1 saturated heterocycles. The van der Waals surface area contributed by atoms with Crippen LogP contribution in [0.2, 0.25) is 0 Å². The van der Waals surface area contributed by atoms with Gasteiger partial charge in [0.1, 0.15) is 11.6 Å². The molecule has 0 saturated carbocycles. The van der Waals surface area contributed by atoms with Crippen LogP contribution in [-0.2, 0) is 14.8 Å². The second-order valence-corrected chi connectivity index (χ2v) is 9.45. The van der Waals surface area contributed by atoms with Gasteiger partial charge >= 0.3 is 5.97 Å². The van der Waals surface area contributed by atoms with Gasteiger partial charge in [-0.3, -0.25) is 4.79 Å². The van der Waals surface area contributed by atoms with Crippen molar-refractivity contribution >= 4 is 21.8 Å². The van der Waals surface area contributed by atoms with Crippen molar-refractivity contribution in [3.8, 4) is 0 Å². The number of ether oxygens (including phenoxy) is 1. The number of hydrogen-bond donors (Lipinski definition) is 0. The van der Waals surface area contributed by atoms with E-state index in [1.165, 1.54) is 22.5 Å². The third-order valence-electron chi connectivity index (χ3n) is 5.34. The second-order valence-electron chi connectivity index (χ2n) is 7.56. The standard InChI is InChI=1S/C22H23F2NO5S/c1-14-6-8-17(31(28,29)25-10-4-3-5-15(25)2)12-18(14)22(27)30-13-21(26)19-11-16(23)7-9-20(19)24/h6-9,11-12,15H,3-5,10,13H2,1-2H3. The summed E-state index contributed by atoms with van der Waals surface area (Å²) < 4.78 is 59.5. The monoisotopic (exact) mass is 451 g/mol. The average Bonchev–Trinajstić information content (AvgIpc) is 2.73. The van der Waals surface area contributed by atoms with E-state index in [1.807, 2.05) is 6.92 Å². The summed E-state index contributed by atoms with van der Waals surface area (Å²) in [6, 6.07) is 6.41. The number of rotatable bonds is 6. The van der Waals surface area contributed by atoms with Gasteiger partial charge in [-0.1, -0.05) is 12.5 Å². The lowest BCUT2D eigenvalue weighted by molar-refractivity contribution is 0.0472. The van der Waals surface area contributed by atoms with Gasteiger partial charge < -0.3 is 4.74 Å². The van der Waals surface area contributed by atoms with Crippen LogP contribution in [0.25, 0.3) is 0 Å². The number of benzene rings is 2. The molecule has 9 heteroatoms. The van der Waals surface area contributed by atoms with Crippen molar-refractivity contribution in [2.45, 2.75) is 44.0 Å². The van der Waals surface area contributed by atoms with Crippen LogP contribution >= 0.6 is 0 Å². The van der Waals surface area contributed by atoms with Crippen LogP contribution < -0.4 is 0 Å². The Labute approximate surface area is 179 Å². The Balaban J connectivity index is 1.79. The number of esters is 1. The molecule has 2 aromatic rings. The minimum atomic E-state index is -3.80. The normalized spacial score (nSPS) is 17.4. The van der Waals surface area contributed by atoms with Crippen molar-refractivity contribution in [2.24, 2.45) is 0 Å². The zero-order valence-corrected chi connectivity index (χ0v) is 18.0. The molecular weight excluding hydrogens is 428 g/mol. The number of hydrogen-bond acceptors (Lipinski definition) is 5. The fraction of sp³-hybridized carbons (Fsp3) is 0.364. The maximum absolute atomic E-state index is 13.7. The Kier molecular flexibility index (Phi) is 6.86. The number of halogens is 2. The molecule has 0 amide bonds. The maximum Gasteiger partial charge on any atom is 0.338 e. The second kappa shape index (κ2) is 9.23. The molecule has 1 fully saturated rings. The third kappa shape index (κ3) is 4.99. The number of piperidine rings is 1. The molecule has 2 aromatic carbocycles. The van der Waals surface area contributed by atoms with Gasteiger partial charge in [0.25, 0.3) is 0 Å². The summed E-state index contributed by atoms with van der Waals surface area (Å²) in [5.41, 5.74) is -0.0850. The summed E-state index contributed by atoms with van der Waals surface area (Å²) >= 11 is 0. The molecule has 1 atom stereocenters. The topological polar surface area (TPSA) is 80.8 Å². The van der Waals surface area contributed by atoms with Crippen molar-refractivity contribution < 1.29 is 31.5 Å². The molecule has 0 bridgehead atoms. The van der Waals surface area contributed by atoms with E-state index in [4.69, 9.17) is 4.74 Å².